The number of nitrogens with zero attached hydrogens (tertiary/aromatic N) is 1. The van der Waals surface area contributed by atoms with E-state index in [1.165, 1.54) is 21.8 Å². The zero-order valence-corrected chi connectivity index (χ0v) is 15.4. The fourth-order valence-corrected chi connectivity index (χ4v) is 4.86. The van der Waals surface area contributed by atoms with E-state index in [2.05, 4.69) is 34.6 Å². The lowest BCUT2D eigenvalue weighted by Crippen LogP contribution is -3.09. The van der Waals surface area contributed by atoms with Crippen LogP contribution in [0.4, 0.5) is 0 Å². The Morgan fingerprint density at radius 3 is 2.88 bits per heavy atom. The summed E-state index contributed by atoms with van der Waals surface area (Å²) in [6.07, 6.45) is 1.02. The van der Waals surface area contributed by atoms with Crippen molar-refractivity contribution in [2.75, 3.05) is 13.1 Å². The molecule has 2 atom stereocenters. The van der Waals surface area contributed by atoms with Gasteiger partial charge in [0.05, 0.1) is 24.0 Å². The molecule has 0 spiro atoms. The lowest BCUT2D eigenvalue weighted by atomic mass is 10.2. The van der Waals surface area contributed by atoms with Gasteiger partial charge in [-0.2, -0.15) is 0 Å². The maximum atomic E-state index is 12.5. The second kappa shape index (κ2) is 7.47. The summed E-state index contributed by atoms with van der Waals surface area (Å²) in [7, 11) is 0. The van der Waals surface area contributed by atoms with Crippen LogP contribution in [0.25, 0.3) is 9.88 Å². The van der Waals surface area contributed by atoms with Gasteiger partial charge in [0.1, 0.15) is 17.2 Å². The molecule has 1 aliphatic heterocycles. The van der Waals surface area contributed by atoms with E-state index < -0.39 is 0 Å². The first-order valence-corrected chi connectivity index (χ1v) is 10.2. The smallest absolute Gasteiger partial charge is 0.271 e. The molecule has 1 aromatic carbocycles. The molecule has 1 aliphatic rings. The van der Waals surface area contributed by atoms with Gasteiger partial charge in [-0.3, -0.25) is 4.79 Å². The lowest BCUT2D eigenvalue weighted by molar-refractivity contribution is -0.901. The quantitative estimate of drug-likeness (QED) is 0.725. The fraction of sp³-hybridized carbons (Fsp3) is 0.263. The van der Waals surface area contributed by atoms with Crippen molar-refractivity contribution in [3.8, 4) is 9.88 Å². The summed E-state index contributed by atoms with van der Waals surface area (Å²) in [5.41, 5.74) is 1.88. The van der Waals surface area contributed by atoms with Gasteiger partial charge in [-0.15, -0.1) is 22.7 Å². The molecule has 128 valence electrons. The van der Waals surface area contributed by atoms with Crippen LogP contribution in [-0.2, 0) is 6.54 Å². The molecule has 3 aromatic rings. The second-order valence-corrected chi connectivity index (χ2v) is 8.15. The third-order valence-electron chi connectivity index (χ3n) is 4.48. The molecule has 1 amide bonds. The number of benzene rings is 1. The van der Waals surface area contributed by atoms with E-state index in [4.69, 9.17) is 0 Å². The molecular formula is C19H20N3OS2+. The molecule has 1 saturated heterocycles. The number of thiazole rings is 1. The van der Waals surface area contributed by atoms with E-state index >= 15 is 0 Å². The highest BCUT2D eigenvalue weighted by Crippen LogP contribution is 2.27. The third-order valence-corrected chi connectivity index (χ3v) is 6.36. The molecular weight excluding hydrogens is 350 g/mol. The third kappa shape index (κ3) is 3.98. The number of hydrogen-bond acceptors (Lipinski definition) is 4. The normalized spacial score (nSPS) is 19.8. The Morgan fingerprint density at radius 1 is 1.20 bits per heavy atom. The Morgan fingerprint density at radius 2 is 2.08 bits per heavy atom. The average molecular weight is 371 g/mol. The van der Waals surface area contributed by atoms with Gasteiger partial charge in [0.2, 0.25) is 0 Å². The summed E-state index contributed by atoms with van der Waals surface area (Å²) in [5.74, 6) is -0.0509. The van der Waals surface area contributed by atoms with Gasteiger partial charge in [-0.05, 0) is 11.4 Å². The molecule has 3 heterocycles. The van der Waals surface area contributed by atoms with Crippen LogP contribution in [0.15, 0.2) is 53.2 Å². The van der Waals surface area contributed by atoms with Gasteiger partial charge >= 0.3 is 0 Å². The number of quaternary nitrogens is 1. The predicted molar refractivity (Wildman–Crippen MR) is 102 cm³/mol. The van der Waals surface area contributed by atoms with Crippen molar-refractivity contribution in [2.24, 2.45) is 0 Å². The van der Waals surface area contributed by atoms with Gasteiger partial charge in [-0.25, -0.2) is 4.98 Å². The van der Waals surface area contributed by atoms with Gasteiger partial charge in [0.25, 0.3) is 5.91 Å². The van der Waals surface area contributed by atoms with E-state index in [9.17, 15) is 4.79 Å². The van der Waals surface area contributed by atoms with Crippen LogP contribution < -0.4 is 10.2 Å². The molecule has 1 fully saturated rings. The maximum absolute atomic E-state index is 12.5. The van der Waals surface area contributed by atoms with Gasteiger partial charge < -0.3 is 10.2 Å². The zero-order valence-electron chi connectivity index (χ0n) is 13.8. The lowest BCUT2D eigenvalue weighted by Gasteiger charge is -2.14. The van der Waals surface area contributed by atoms with Crippen LogP contribution in [0.1, 0.15) is 22.5 Å². The van der Waals surface area contributed by atoms with Crippen LogP contribution in [0.5, 0.6) is 0 Å². The van der Waals surface area contributed by atoms with Gasteiger partial charge in [-0.1, -0.05) is 36.4 Å². The number of aromatic nitrogens is 1. The standard InChI is InChI=1S/C19H19N3OS2/c23-18(16-13-25-19(21-16)17-7-4-10-24-17)20-15-8-9-22(12-15)11-14-5-2-1-3-6-14/h1-7,10,13,15H,8-9,11-12H2,(H,20,23)/p+1/t15-/m0/s1. The number of nitrogens with one attached hydrogen (secondary N) is 2. The van der Waals surface area contributed by atoms with Crippen molar-refractivity contribution < 1.29 is 9.69 Å². The van der Waals surface area contributed by atoms with Gasteiger partial charge in [0.15, 0.2) is 0 Å². The highest BCUT2D eigenvalue weighted by Gasteiger charge is 2.28. The number of amides is 1. The van der Waals surface area contributed by atoms with Crippen molar-refractivity contribution in [2.45, 2.75) is 19.0 Å². The summed E-state index contributed by atoms with van der Waals surface area (Å²) < 4.78 is 0. The first kappa shape index (κ1) is 16.4. The molecule has 0 radical (unpaired) electrons. The van der Waals surface area contributed by atoms with E-state index in [1.54, 1.807) is 11.3 Å². The van der Waals surface area contributed by atoms with E-state index in [0.717, 1.165) is 35.9 Å². The van der Waals surface area contributed by atoms with Crippen molar-refractivity contribution in [3.63, 3.8) is 0 Å². The Kier molecular flexibility index (Phi) is 4.92. The van der Waals surface area contributed by atoms with Crippen molar-refractivity contribution in [1.29, 1.82) is 0 Å². The van der Waals surface area contributed by atoms with E-state index in [-0.39, 0.29) is 11.9 Å². The zero-order chi connectivity index (χ0) is 17.1. The van der Waals surface area contributed by atoms with Crippen LogP contribution in [-0.4, -0.2) is 30.0 Å². The number of likely N-dealkylation sites (tertiary alicyclic amines) is 1. The maximum Gasteiger partial charge on any atom is 0.271 e. The summed E-state index contributed by atoms with van der Waals surface area (Å²) in [6, 6.07) is 14.8. The van der Waals surface area contributed by atoms with Crippen LogP contribution in [0.2, 0.25) is 0 Å². The molecule has 0 saturated carbocycles. The molecule has 6 heteroatoms. The largest absolute Gasteiger partial charge is 0.342 e. The Hall–Kier alpha value is -2.02. The second-order valence-electron chi connectivity index (χ2n) is 6.34. The summed E-state index contributed by atoms with van der Waals surface area (Å²) >= 11 is 3.18. The molecule has 4 nitrogen and oxygen atoms in total. The molecule has 2 N–H and O–H groups in total. The Labute approximate surface area is 155 Å². The summed E-state index contributed by atoms with van der Waals surface area (Å²) in [6.45, 7) is 3.09. The summed E-state index contributed by atoms with van der Waals surface area (Å²) in [4.78, 5) is 19.6. The Balaban J connectivity index is 1.33. The number of rotatable bonds is 5. The topological polar surface area (TPSA) is 46.4 Å². The van der Waals surface area contributed by atoms with Crippen LogP contribution in [0, 0.1) is 0 Å². The monoisotopic (exact) mass is 370 g/mol. The van der Waals surface area contributed by atoms with Crippen molar-refractivity contribution >= 4 is 28.6 Å². The molecule has 0 aliphatic carbocycles. The first-order chi connectivity index (χ1) is 12.3. The first-order valence-electron chi connectivity index (χ1n) is 8.46. The van der Waals surface area contributed by atoms with Crippen molar-refractivity contribution in [1.82, 2.24) is 10.3 Å². The molecule has 4 rings (SSSR count). The van der Waals surface area contributed by atoms with Gasteiger partial charge in [0, 0.05) is 17.4 Å². The fourth-order valence-electron chi connectivity index (χ4n) is 3.25. The number of carbonyl (C=O) groups excluding carboxylic acids is 1. The summed E-state index contributed by atoms with van der Waals surface area (Å²) in [5, 5.41) is 7.96. The highest BCUT2D eigenvalue weighted by atomic mass is 32.1. The van der Waals surface area contributed by atoms with Crippen LogP contribution in [0.3, 0.4) is 0 Å². The minimum absolute atomic E-state index is 0.0509. The molecule has 1 unspecified atom stereocenters. The Bertz CT molecular complexity index is 829. The van der Waals surface area contributed by atoms with Crippen molar-refractivity contribution in [3.05, 3.63) is 64.5 Å². The minimum Gasteiger partial charge on any atom is -0.342 e. The average Bonchev–Trinajstić information content (AvgIpc) is 3.37. The minimum atomic E-state index is -0.0509. The number of thiophene rings is 1. The number of carbonyl (C=O) groups is 1. The molecule has 25 heavy (non-hydrogen) atoms. The predicted octanol–water partition coefficient (Wildman–Crippen LogP) is 2.46. The highest BCUT2D eigenvalue weighted by molar-refractivity contribution is 7.20. The molecule has 2 aromatic heterocycles. The van der Waals surface area contributed by atoms with E-state index in [0.29, 0.717) is 5.69 Å². The van der Waals surface area contributed by atoms with E-state index in [1.807, 2.05) is 29.0 Å². The van der Waals surface area contributed by atoms with Crippen LogP contribution >= 0.6 is 22.7 Å². The molecule has 0 bridgehead atoms. The SMILES string of the molecule is O=C(N[C@H]1CC[NH+](Cc2ccccc2)C1)c1csc(-c2cccs2)n1. The number of hydrogen-bond donors (Lipinski definition) is 2.